The summed E-state index contributed by atoms with van der Waals surface area (Å²) in [6.45, 7) is 2.28. The number of aliphatic hydroxyl groups excluding tert-OH is 1. The highest BCUT2D eigenvalue weighted by Crippen LogP contribution is 2.29. The lowest BCUT2D eigenvalue weighted by molar-refractivity contribution is -0.169. The summed E-state index contributed by atoms with van der Waals surface area (Å²) in [6.07, 6.45) is 23.4. The van der Waals surface area contributed by atoms with E-state index >= 15 is 0 Å². The molecule has 1 aliphatic heterocycles. The molecule has 1 rings (SSSR count). The molecule has 1 N–H and O–H groups in total. The van der Waals surface area contributed by atoms with E-state index in [-0.39, 0.29) is 23.4 Å². The van der Waals surface area contributed by atoms with Crippen molar-refractivity contribution in [1.82, 2.24) is 0 Å². The Balaban J connectivity index is 1.77. The average Bonchev–Trinajstić information content (AvgIpc) is 2.64. The lowest BCUT2D eigenvalue weighted by Gasteiger charge is -2.35. The van der Waals surface area contributed by atoms with Crippen LogP contribution in [0.25, 0.3) is 0 Å². The molecule has 4 heteroatoms. The van der Waals surface area contributed by atoms with Crippen LogP contribution in [0.2, 0.25) is 0 Å². The molecule has 27 heavy (non-hydrogen) atoms. The Hall–Kier alpha value is -0.220. The second-order valence-electron chi connectivity index (χ2n) is 8.26. The molecule has 0 aromatic carbocycles. The number of hydrogen-bond acceptors (Lipinski definition) is 4. The number of ether oxygens (including phenoxy) is 1. The molecule has 0 aliphatic carbocycles. The maximum atomic E-state index is 11.2. The molecule has 0 radical (unpaired) electrons. The molecule has 0 bridgehead atoms. The van der Waals surface area contributed by atoms with Crippen LogP contribution in [0.1, 0.15) is 116 Å². The van der Waals surface area contributed by atoms with E-state index in [4.69, 9.17) is 4.74 Å². The van der Waals surface area contributed by atoms with E-state index in [2.05, 4.69) is 6.92 Å². The third-order valence-corrected chi connectivity index (χ3v) is 6.74. The van der Waals surface area contributed by atoms with Crippen LogP contribution in [0.15, 0.2) is 0 Å². The predicted octanol–water partition coefficient (Wildman–Crippen LogP) is 6.66. The van der Waals surface area contributed by atoms with Gasteiger partial charge in [-0.15, -0.1) is 11.8 Å². The van der Waals surface area contributed by atoms with Crippen LogP contribution in [0.3, 0.4) is 0 Å². The topological polar surface area (TPSA) is 46.5 Å². The third kappa shape index (κ3) is 12.1. The van der Waals surface area contributed by atoms with E-state index in [1.807, 2.05) is 6.26 Å². The number of cyclic esters (lactones) is 1. The van der Waals surface area contributed by atoms with E-state index in [0.717, 1.165) is 12.8 Å². The number of aliphatic hydroxyl groups is 1. The van der Waals surface area contributed by atoms with E-state index in [9.17, 15) is 9.90 Å². The van der Waals surface area contributed by atoms with Gasteiger partial charge in [-0.2, -0.15) is 0 Å². The molecule has 1 fully saturated rings. The van der Waals surface area contributed by atoms with Crippen LogP contribution in [0.4, 0.5) is 0 Å². The van der Waals surface area contributed by atoms with Gasteiger partial charge in [-0.05, 0) is 12.7 Å². The van der Waals surface area contributed by atoms with Gasteiger partial charge in [0.2, 0.25) is 0 Å². The Morgan fingerprint density at radius 1 is 0.852 bits per heavy atom. The molecule has 160 valence electrons. The van der Waals surface area contributed by atoms with Crippen LogP contribution in [-0.2, 0) is 9.53 Å². The second-order valence-corrected chi connectivity index (χ2v) is 9.24. The zero-order valence-corrected chi connectivity index (χ0v) is 18.7. The smallest absolute Gasteiger partial charge is 0.323 e. The maximum absolute atomic E-state index is 11.2. The summed E-state index contributed by atoms with van der Waals surface area (Å²) in [4.78, 5) is 11.2. The Kier molecular flexibility index (Phi) is 15.4. The van der Waals surface area contributed by atoms with Gasteiger partial charge < -0.3 is 9.84 Å². The third-order valence-electron chi connectivity index (χ3n) is 5.74. The monoisotopic (exact) mass is 400 g/mol. The summed E-state index contributed by atoms with van der Waals surface area (Å²) in [7, 11) is 0. The summed E-state index contributed by atoms with van der Waals surface area (Å²) in [5.74, 6) is -0.119. The van der Waals surface area contributed by atoms with Gasteiger partial charge in [0, 0.05) is 6.42 Å². The van der Waals surface area contributed by atoms with Crippen LogP contribution in [0, 0.1) is 0 Å². The largest absolute Gasteiger partial charge is 0.460 e. The van der Waals surface area contributed by atoms with Gasteiger partial charge in [0.05, 0.1) is 6.10 Å². The quantitative estimate of drug-likeness (QED) is 0.195. The van der Waals surface area contributed by atoms with E-state index in [0.29, 0.717) is 6.42 Å². The highest BCUT2D eigenvalue weighted by Gasteiger charge is 2.42. The number of hydrogen-bond donors (Lipinski definition) is 1. The van der Waals surface area contributed by atoms with Gasteiger partial charge >= 0.3 is 5.97 Å². The summed E-state index contributed by atoms with van der Waals surface area (Å²) >= 11 is 1.53. The number of esters is 1. The second kappa shape index (κ2) is 16.7. The predicted molar refractivity (Wildman–Crippen MR) is 117 cm³/mol. The average molecular weight is 401 g/mol. The molecule has 0 amide bonds. The molecule has 0 aromatic rings. The molecule has 0 saturated carbocycles. The number of carbonyl (C=O) groups is 1. The van der Waals surface area contributed by atoms with Gasteiger partial charge in [0.25, 0.3) is 0 Å². The van der Waals surface area contributed by atoms with Crippen LogP contribution < -0.4 is 0 Å². The number of rotatable bonds is 19. The van der Waals surface area contributed by atoms with Crippen LogP contribution in [0.5, 0.6) is 0 Å². The van der Waals surface area contributed by atoms with Gasteiger partial charge in [-0.3, -0.25) is 4.79 Å². The molecular weight excluding hydrogens is 356 g/mol. The van der Waals surface area contributed by atoms with E-state index in [1.54, 1.807) is 0 Å². The zero-order chi connectivity index (χ0) is 19.7. The lowest BCUT2D eigenvalue weighted by atomic mass is 9.99. The van der Waals surface area contributed by atoms with Crippen molar-refractivity contribution in [1.29, 1.82) is 0 Å². The highest BCUT2D eigenvalue weighted by molar-refractivity contribution is 8.00. The molecule has 1 heterocycles. The van der Waals surface area contributed by atoms with E-state index < -0.39 is 0 Å². The summed E-state index contributed by atoms with van der Waals surface area (Å²) in [5, 5.41) is 10.0. The Labute approximate surface area is 172 Å². The van der Waals surface area contributed by atoms with Gasteiger partial charge in [-0.25, -0.2) is 0 Å². The fourth-order valence-electron chi connectivity index (χ4n) is 3.91. The molecule has 0 aromatic heterocycles. The summed E-state index contributed by atoms with van der Waals surface area (Å²) in [6, 6.07) is 0. The minimum Gasteiger partial charge on any atom is -0.460 e. The van der Waals surface area contributed by atoms with Gasteiger partial charge in [-0.1, -0.05) is 103 Å². The van der Waals surface area contributed by atoms with Crippen molar-refractivity contribution in [2.24, 2.45) is 0 Å². The van der Waals surface area contributed by atoms with Crippen LogP contribution >= 0.6 is 11.8 Å². The first-order chi connectivity index (χ1) is 13.2. The Morgan fingerprint density at radius 3 is 1.70 bits per heavy atom. The van der Waals surface area contributed by atoms with Crippen molar-refractivity contribution in [3.8, 4) is 0 Å². The fourth-order valence-corrected chi connectivity index (χ4v) is 4.63. The SMILES string of the molecule is CCCCCCCCCCCCCCCCC[C@@H](O)C[C@@H]1OC(=O)[C@@H]1SC. The summed E-state index contributed by atoms with van der Waals surface area (Å²) < 4.78 is 5.12. The van der Waals surface area contributed by atoms with Crippen molar-refractivity contribution in [3.05, 3.63) is 0 Å². The normalized spacial score (nSPS) is 20.3. The Morgan fingerprint density at radius 2 is 1.30 bits per heavy atom. The van der Waals surface area contributed by atoms with Crippen LogP contribution in [-0.4, -0.2) is 34.8 Å². The Bertz CT molecular complexity index is 362. The first-order valence-corrected chi connectivity index (χ1v) is 12.9. The van der Waals surface area contributed by atoms with Crippen molar-refractivity contribution in [3.63, 3.8) is 0 Å². The zero-order valence-electron chi connectivity index (χ0n) is 17.9. The molecule has 3 atom stereocenters. The number of carbonyl (C=O) groups excluding carboxylic acids is 1. The standard InChI is InChI=1S/C23H44O3S/c1-3-4-5-6-7-8-9-10-11-12-13-14-15-16-17-18-20(24)19-21-22(27-2)23(25)26-21/h20-22,24H,3-19H2,1-2H3/t20-,21+,22-/m1/s1. The van der Waals surface area contributed by atoms with Crippen molar-refractivity contribution in [2.45, 2.75) is 134 Å². The minimum atomic E-state index is -0.320. The molecule has 1 saturated heterocycles. The molecule has 1 aliphatic rings. The molecular formula is C23H44O3S. The summed E-state index contributed by atoms with van der Waals surface area (Å²) in [5.41, 5.74) is 0. The van der Waals surface area contributed by atoms with Gasteiger partial charge in [0.1, 0.15) is 11.4 Å². The van der Waals surface area contributed by atoms with Crippen molar-refractivity contribution < 1.29 is 14.6 Å². The number of thioether (sulfide) groups is 1. The highest BCUT2D eigenvalue weighted by atomic mass is 32.2. The lowest BCUT2D eigenvalue weighted by Crippen LogP contribution is -2.49. The fraction of sp³-hybridized carbons (Fsp3) is 0.957. The minimum absolute atomic E-state index is 0.0549. The molecule has 0 unspecified atom stereocenters. The first-order valence-electron chi connectivity index (χ1n) is 11.6. The van der Waals surface area contributed by atoms with Crippen molar-refractivity contribution in [2.75, 3.05) is 6.26 Å². The molecule has 0 spiro atoms. The molecule has 3 nitrogen and oxygen atoms in total. The number of unbranched alkanes of at least 4 members (excludes halogenated alkanes) is 14. The maximum Gasteiger partial charge on any atom is 0.323 e. The van der Waals surface area contributed by atoms with E-state index in [1.165, 1.54) is 102 Å². The van der Waals surface area contributed by atoms with Gasteiger partial charge in [0.15, 0.2) is 0 Å². The first kappa shape index (κ1) is 24.8. The van der Waals surface area contributed by atoms with Crippen molar-refractivity contribution >= 4 is 17.7 Å².